The van der Waals surface area contributed by atoms with Crippen LogP contribution < -0.4 is 0 Å². The average molecular weight is 1770 g/mol. The zero-order valence-corrected chi connectivity index (χ0v) is 57.1. The molecule has 5 rings (SSSR count). The predicted octanol–water partition coefficient (Wildman–Crippen LogP) is 15.1. The number of aromatic nitrogens is 10. The Kier molecular flexibility index (Phi) is 58.7. The van der Waals surface area contributed by atoms with Gasteiger partial charge in [-0.3, -0.25) is 9.00 Å². The van der Waals surface area contributed by atoms with E-state index in [0.29, 0.717) is 42.9 Å². The first-order valence-corrected chi connectivity index (χ1v) is 32.3. The third-order valence-corrected chi connectivity index (χ3v) is 8.89. The molecule has 0 aliphatic heterocycles. The minimum atomic E-state index is -1.10. The van der Waals surface area contributed by atoms with Crippen LogP contribution in [0.1, 0.15) is 65.0 Å². The van der Waals surface area contributed by atoms with Crippen molar-refractivity contribution in [1.29, 1.82) is 5.26 Å². The van der Waals surface area contributed by atoms with Gasteiger partial charge in [0.2, 0.25) is 0 Å². The van der Waals surface area contributed by atoms with Gasteiger partial charge in [-0.15, -0.1) is 35.3 Å². The molecule has 5 heterocycles. The summed E-state index contributed by atoms with van der Waals surface area (Å²) in [5.74, 6) is -1.59. The summed E-state index contributed by atoms with van der Waals surface area (Å²) in [7, 11) is 0.143. The van der Waals surface area contributed by atoms with Gasteiger partial charge in [0.15, 0.2) is 5.92 Å². The zero-order valence-electron chi connectivity index (χ0n) is 38.6. The van der Waals surface area contributed by atoms with E-state index in [0.717, 1.165) is 17.7 Å². The van der Waals surface area contributed by atoms with Crippen LogP contribution >= 0.6 is 206 Å². The number of methoxy groups -OCH3 is 1. The maximum absolute atomic E-state index is 11.2. The van der Waals surface area contributed by atoms with Crippen LogP contribution in [0.25, 0.3) is 9.69 Å². The van der Waals surface area contributed by atoms with Gasteiger partial charge >= 0.3 is 5.97 Å². The van der Waals surface area contributed by atoms with Crippen LogP contribution in [-0.4, -0.2) is 97.9 Å². The monoisotopic (exact) mass is 1770 g/mol. The molecule has 5 aromatic rings. The summed E-state index contributed by atoms with van der Waals surface area (Å²) in [5.41, 5.74) is 1.77. The molecule has 0 saturated carbocycles. The summed E-state index contributed by atoms with van der Waals surface area (Å²) in [6, 6.07) is 10.1. The molecule has 0 bridgehead atoms. The highest BCUT2D eigenvalue weighted by Gasteiger charge is 2.22. The Balaban J connectivity index is -0.000000237. The van der Waals surface area contributed by atoms with Gasteiger partial charge in [-0.25, -0.2) is 63.0 Å². The van der Waals surface area contributed by atoms with Crippen molar-refractivity contribution < 1.29 is 13.7 Å². The first-order chi connectivity index (χ1) is 32.6. The lowest BCUT2D eigenvalue weighted by molar-refractivity contribution is -0.141. The Hall–Kier alpha value is -0.210. The number of ether oxygens (including phenoxy) is 1. The molecule has 16 nitrogen and oxygen atoms in total. The van der Waals surface area contributed by atoms with Crippen LogP contribution in [0.2, 0.25) is 15.5 Å². The number of carbonyl (C=O) groups excluding carboxylic acids is 1. The summed E-state index contributed by atoms with van der Waals surface area (Å²) >= 11 is 34.9. The Morgan fingerprint density at radius 1 is 0.757 bits per heavy atom. The van der Waals surface area contributed by atoms with E-state index >= 15 is 0 Å². The number of alkyl halides is 6. The van der Waals surface area contributed by atoms with E-state index in [1.54, 1.807) is 48.0 Å². The van der Waals surface area contributed by atoms with Crippen molar-refractivity contribution in [3.63, 3.8) is 0 Å². The second-order valence-corrected chi connectivity index (χ2v) is 35.9. The number of esters is 1. The van der Waals surface area contributed by atoms with Gasteiger partial charge in [0, 0.05) is 24.5 Å². The van der Waals surface area contributed by atoms with Crippen molar-refractivity contribution >= 4 is 222 Å². The largest absolute Gasteiger partial charge is 0.468 e. The van der Waals surface area contributed by atoms with Crippen LogP contribution in [-0.2, 0) is 33.4 Å². The highest BCUT2D eigenvalue weighted by Crippen LogP contribution is 2.33. The first kappa shape index (κ1) is 78.7. The lowest BCUT2D eigenvalue weighted by Crippen LogP contribution is -2.14. The number of thioether (sulfide) groups is 3. The van der Waals surface area contributed by atoms with Crippen molar-refractivity contribution in [2.45, 2.75) is 82.5 Å². The molecule has 0 radical (unpaired) electrons. The molecule has 70 heavy (non-hydrogen) atoms. The molecule has 2 atom stereocenters. The topological polar surface area (TPSA) is 205 Å². The number of carbonyl (C=O) groups is 1. The summed E-state index contributed by atoms with van der Waals surface area (Å²) in [4.78, 5) is 55.9. The lowest BCUT2D eigenvalue weighted by Gasteiger charge is -2.06. The van der Waals surface area contributed by atoms with Crippen molar-refractivity contribution in [3.05, 3.63) is 117 Å². The minimum Gasteiger partial charge on any atom is -0.468 e. The lowest BCUT2D eigenvalue weighted by atomic mass is 10.1. The van der Waals surface area contributed by atoms with Crippen molar-refractivity contribution in [2.75, 3.05) is 36.6 Å². The molecule has 29 heteroatoms. The fourth-order valence-corrected chi connectivity index (χ4v) is 5.32. The third-order valence-electron chi connectivity index (χ3n) is 5.54. The second kappa shape index (κ2) is 52.2. The smallest absolute Gasteiger partial charge is 0.329 e. The molecule has 0 aliphatic carbocycles. The molecule has 0 amide bonds. The van der Waals surface area contributed by atoms with E-state index in [1.807, 2.05) is 44.8 Å². The number of hydrogen-bond donors (Lipinski definition) is 0. The fourth-order valence-electron chi connectivity index (χ4n) is 3.08. The zero-order chi connectivity index (χ0) is 53.8. The number of hydrogen-bond acceptors (Lipinski definition) is 17. The molecule has 0 saturated heterocycles. The minimum absolute atomic E-state index is 0. The Morgan fingerprint density at radius 2 is 1.10 bits per heavy atom. The number of nitrogens with zero attached hydrogens (tertiary/aromatic N) is 13. The summed E-state index contributed by atoms with van der Waals surface area (Å²) in [6.07, 6.45) is 14.2. The molecule has 0 fully saturated rings. The van der Waals surface area contributed by atoms with Crippen molar-refractivity contribution in [1.82, 2.24) is 49.8 Å². The van der Waals surface area contributed by atoms with Gasteiger partial charge in [0.25, 0.3) is 13.1 Å². The van der Waals surface area contributed by atoms with E-state index in [9.17, 15) is 9.00 Å². The summed E-state index contributed by atoms with van der Waals surface area (Å²) < 4.78 is 17.9. The van der Waals surface area contributed by atoms with E-state index in [-0.39, 0.29) is 14.0 Å². The van der Waals surface area contributed by atoms with Gasteiger partial charge in [0.05, 0.1) is 41.7 Å². The highest BCUT2D eigenvalue weighted by molar-refractivity contribution is 14.3. The number of rotatable bonds is 8. The molecule has 0 spiro atoms. The van der Waals surface area contributed by atoms with E-state index in [2.05, 4.69) is 221 Å². The third kappa shape index (κ3) is 50.0. The summed E-state index contributed by atoms with van der Waals surface area (Å²) in [6.45, 7) is 24.2. The van der Waals surface area contributed by atoms with E-state index in [1.165, 1.54) is 61.0 Å². The Morgan fingerprint density at radius 3 is 1.43 bits per heavy atom. The van der Waals surface area contributed by atoms with Crippen LogP contribution in [0.4, 0.5) is 0 Å². The standard InChI is InChI=1S/C9H9N3O2S.C7H7N3OS.C7H7N3S.C5H5ClN2S.C4H2Cl2N2.C2H3I3.C2H4I2.C2H5I.C2H6.CH4/c1-14-9(13)6(4-10)7-3-8(15-2)12-5-11-7;1-8-4-6-3-7(12(2)11)10-5-9-6;1-8-4-6-3-7(11-2)10-5-9-6;1-9-5-2-4(6)7-3-8-5;5-3-1-4(6)8-2-7-3;1-2(3,4)5;1-2(3)4;1-2-3;1-2;/h3,5-6H,1-2H3;3,5H,4H2,2H3;3,5H,4H2,2H3;2-3H,1H3;1-2H;1H3;2H,1H3;2H2,1H3;1-2H3;1H4. The number of halogens is 9. The van der Waals surface area contributed by atoms with E-state index < -0.39 is 22.7 Å². The predicted molar refractivity (Wildman–Crippen MR) is 344 cm³/mol. The second-order valence-electron chi connectivity index (χ2n) is 10.7. The van der Waals surface area contributed by atoms with Crippen LogP contribution in [0.5, 0.6) is 0 Å². The first-order valence-electron chi connectivity index (χ1n) is 18.6. The highest BCUT2D eigenvalue weighted by atomic mass is 127. The molecule has 386 valence electrons. The quantitative estimate of drug-likeness (QED) is 0.0354. The Bertz CT molecular complexity index is 2280. The van der Waals surface area contributed by atoms with Crippen LogP contribution in [0, 0.1) is 24.5 Å². The molecule has 2 unspecified atom stereocenters. The molecule has 0 aliphatic rings. The van der Waals surface area contributed by atoms with Crippen molar-refractivity contribution in [2.24, 2.45) is 0 Å². The van der Waals surface area contributed by atoms with Crippen LogP contribution in [0.15, 0.2) is 82.1 Å². The average Bonchev–Trinajstić information content (AvgIpc) is 3.30. The van der Waals surface area contributed by atoms with Gasteiger partial charge in [-0.2, -0.15) is 5.26 Å². The fraction of sp³-hybridized carbons (Fsp3) is 0.415. The molecular formula is C41H52Cl3I6N13O3S4. The van der Waals surface area contributed by atoms with Crippen molar-refractivity contribution in [3.8, 4) is 6.07 Å². The number of nitriles is 1. The van der Waals surface area contributed by atoms with Crippen LogP contribution in [0.3, 0.4) is 0 Å². The molecule has 0 N–H and O–H groups in total. The van der Waals surface area contributed by atoms with Gasteiger partial charge in [-0.05, 0) is 49.2 Å². The van der Waals surface area contributed by atoms with E-state index in [4.69, 9.17) is 53.2 Å². The molecule has 0 aromatic carbocycles. The SMILES string of the molecule is C.CC.CC(I)(I)I.CC(I)I.CCI.COC(=O)C(C#N)c1cc(SC)ncn1.CSc1cc(Cl)ncn1.Clc1cc(Cl)ncn1.[C-]#[N+]Cc1cc(S(C)=O)ncn1.[C-]#[N+]Cc1cc(SC)ncn1. The van der Waals surface area contributed by atoms with Gasteiger partial charge in [0.1, 0.15) is 68.0 Å². The molecular weight excluding hydrogens is 1720 g/mol. The summed E-state index contributed by atoms with van der Waals surface area (Å²) in [5, 5.41) is 13.1. The maximum Gasteiger partial charge on any atom is 0.329 e. The normalized spacial score (nSPS) is 9.96. The van der Waals surface area contributed by atoms with Gasteiger partial charge < -0.3 is 14.4 Å². The molecule has 5 aromatic heterocycles. The van der Waals surface area contributed by atoms with Gasteiger partial charge in [-0.1, -0.05) is 199 Å². The Labute approximate surface area is 526 Å². The maximum atomic E-state index is 11.2.